The largest absolute Gasteiger partial charge is 0.380 e. The molecule has 0 saturated heterocycles. The summed E-state index contributed by atoms with van der Waals surface area (Å²) in [5.74, 6) is 0. The van der Waals surface area contributed by atoms with Gasteiger partial charge < -0.3 is 15.5 Å². The standard InChI is InChI=1S/C18H26N4O2/c1-5-14-7-6-8-15(11-14)22(18(23)19-3)13(2)16(12-24-4)17-9-10-20-21-17/h6-8,10-11,17,21H,5,9,12H2,1-4H3,(H,19,23)/b16-13+. The number of benzene rings is 1. The first-order chi connectivity index (χ1) is 11.6. The number of urea groups is 1. The van der Waals surface area contributed by atoms with E-state index >= 15 is 0 Å². The van der Waals surface area contributed by atoms with Gasteiger partial charge >= 0.3 is 6.03 Å². The zero-order valence-electron chi connectivity index (χ0n) is 14.8. The molecule has 2 N–H and O–H groups in total. The Morgan fingerprint density at radius 2 is 2.29 bits per heavy atom. The first kappa shape index (κ1) is 18.0. The van der Waals surface area contributed by atoms with Crippen LogP contribution in [-0.4, -0.2) is 39.1 Å². The number of anilines is 1. The van der Waals surface area contributed by atoms with Gasteiger partial charge in [0, 0.05) is 32.5 Å². The van der Waals surface area contributed by atoms with Crippen molar-refractivity contribution in [3.8, 4) is 0 Å². The van der Waals surface area contributed by atoms with Gasteiger partial charge in [-0.3, -0.25) is 4.90 Å². The lowest BCUT2D eigenvalue weighted by atomic mass is 10.0. The van der Waals surface area contributed by atoms with Crippen molar-refractivity contribution < 1.29 is 9.53 Å². The van der Waals surface area contributed by atoms with E-state index in [9.17, 15) is 4.79 Å². The molecule has 1 aliphatic rings. The Balaban J connectivity index is 2.47. The zero-order valence-corrected chi connectivity index (χ0v) is 14.8. The summed E-state index contributed by atoms with van der Waals surface area (Å²) in [6, 6.07) is 7.90. The van der Waals surface area contributed by atoms with E-state index in [1.165, 1.54) is 5.56 Å². The normalized spacial score (nSPS) is 17.2. The minimum atomic E-state index is -0.173. The molecule has 0 spiro atoms. The van der Waals surface area contributed by atoms with Gasteiger partial charge in [0.25, 0.3) is 0 Å². The monoisotopic (exact) mass is 330 g/mol. The Labute approximate surface area is 143 Å². The number of amides is 2. The Kier molecular flexibility index (Phi) is 6.37. The molecule has 0 saturated carbocycles. The molecule has 6 heteroatoms. The lowest BCUT2D eigenvalue weighted by Gasteiger charge is -2.28. The molecule has 6 nitrogen and oxygen atoms in total. The second kappa shape index (κ2) is 8.49. The molecular formula is C18H26N4O2. The minimum absolute atomic E-state index is 0.0477. The molecule has 2 amide bonds. The third kappa shape index (κ3) is 3.94. The molecule has 0 fully saturated rings. The van der Waals surface area contributed by atoms with Crippen molar-refractivity contribution in [3.05, 3.63) is 41.1 Å². The third-order valence-electron chi connectivity index (χ3n) is 4.18. The van der Waals surface area contributed by atoms with Crippen molar-refractivity contribution in [1.82, 2.24) is 10.7 Å². The van der Waals surface area contributed by atoms with Gasteiger partial charge in [-0.15, -0.1) is 0 Å². The average molecular weight is 330 g/mol. The molecule has 1 aromatic carbocycles. The molecule has 130 valence electrons. The number of carbonyl (C=O) groups excluding carboxylic acids is 1. The lowest BCUT2D eigenvalue weighted by Crippen LogP contribution is -2.39. The van der Waals surface area contributed by atoms with Gasteiger partial charge in [-0.1, -0.05) is 19.1 Å². The summed E-state index contributed by atoms with van der Waals surface area (Å²) in [6.45, 7) is 4.48. The molecule has 0 aliphatic carbocycles. The second-order valence-electron chi connectivity index (χ2n) is 5.69. The van der Waals surface area contributed by atoms with Crippen molar-refractivity contribution in [1.29, 1.82) is 0 Å². The number of ether oxygens (including phenoxy) is 1. The number of hydrogen-bond donors (Lipinski definition) is 2. The molecule has 0 aromatic heterocycles. The number of nitrogens with one attached hydrogen (secondary N) is 2. The molecule has 1 aliphatic heterocycles. The fourth-order valence-electron chi connectivity index (χ4n) is 2.82. The summed E-state index contributed by atoms with van der Waals surface area (Å²) in [5.41, 5.74) is 6.98. The number of nitrogens with zero attached hydrogens (tertiary/aromatic N) is 2. The molecule has 0 bridgehead atoms. The van der Waals surface area contributed by atoms with Crippen molar-refractivity contribution >= 4 is 17.9 Å². The van der Waals surface area contributed by atoms with Crippen molar-refractivity contribution in [3.63, 3.8) is 0 Å². The zero-order chi connectivity index (χ0) is 17.5. The number of allylic oxidation sites excluding steroid dienone is 1. The third-order valence-corrected chi connectivity index (χ3v) is 4.18. The van der Waals surface area contributed by atoms with Crippen molar-refractivity contribution in [2.75, 3.05) is 25.7 Å². The topological polar surface area (TPSA) is 66.0 Å². The van der Waals surface area contributed by atoms with Crippen LogP contribution in [0, 0.1) is 0 Å². The molecule has 1 heterocycles. The van der Waals surface area contributed by atoms with E-state index < -0.39 is 0 Å². The van der Waals surface area contributed by atoms with E-state index in [-0.39, 0.29) is 12.1 Å². The molecule has 24 heavy (non-hydrogen) atoms. The van der Waals surface area contributed by atoms with Crippen LogP contribution in [0.1, 0.15) is 25.8 Å². The van der Waals surface area contributed by atoms with Crippen LogP contribution in [0.4, 0.5) is 10.5 Å². The summed E-state index contributed by atoms with van der Waals surface area (Å²) in [6.07, 6.45) is 3.54. The molecule has 1 atom stereocenters. The average Bonchev–Trinajstić information content (AvgIpc) is 3.14. The van der Waals surface area contributed by atoms with E-state index in [2.05, 4.69) is 28.8 Å². The van der Waals surface area contributed by atoms with Crippen LogP contribution in [0.15, 0.2) is 40.6 Å². The summed E-state index contributed by atoms with van der Waals surface area (Å²) < 4.78 is 5.37. The molecule has 1 aromatic rings. The Hall–Kier alpha value is -2.34. The van der Waals surface area contributed by atoms with E-state index in [1.807, 2.05) is 31.3 Å². The van der Waals surface area contributed by atoms with Gasteiger partial charge in [-0.25, -0.2) is 4.79 Å². The highest BCUT2D eigenvalue weighted by Gasteiger charge is 2.25. The first-order valence-electron chi connectivity index (χ1n) is 8.18. The first-order valence-corrected chi connectivity index (χ1v) is 8.18. The molecular weight excluding hydrogens is 304 g/mol. The van der Waals surface area contributed by atoms with Crippen LogP contribution in [0.3, 0.4) is 0 Å². The second-order valence-corrected chi connectivity index (χ2v) is 5.69. The number of rotatable bonds is 6. The summed E-state index contributed by atoms with van der Waals surface area (Å²) in [4.78, 5) is 14.3. The fourth-order valence-corrected chi connectivity index (χ4v) is 2.82. The van der Waals surface area contributed by atoms with Crippen LogP contribution in [0.25, 0.3) is 0 Å². The van der Waals surface area contributed by atoms with E-state index in [1.54, 1.807) is 19.1 Å². The predicted molar refractivity (Wildman–Crippen MR) is 97.4 cm³/mol. The fraction of sp³-hybridized carbons (Fsp3) is 0.444. The highest BCUT2D eigenvalue weighted by atomic mass is 16.5. The Morgan fingerprint density at radius 1 is 1.50 bits per heavy atom. The number of methoxy groups -OCH3 is 1. The van der Waals surface area contributed by atoms with Gasteiger partial charge in [-0.2, -0.15) is 5.10 Å². The number of carbonyl (C=O) groups is 1. The SMILES string of the molecule is CCc1cccc(N(C(=O)NC)/C(C)=C(\COC)C2CC=NN2)c1. The van der Waals surface area contributed by atoms with Crippen molar-refractivity contribution in [2.45, 2.75) is 32.7 Å². The van der Waals surface area contributed by atoms with Crippen LogP contribution < -0.4 is 15.6 Å². The van der Waals surface area contributed by atoms with Crippen LogP contribution in [-0.2, 0) is 11.2 Å². The smallest absolute Gasteiger partial charge is 0.325 e. The van der Waals surface area contributed by atoms with Gasteiger partial charge in [0.1, 0.15) is 0 Å². The summed E-state index contributed by atoms with van der Waals surface area (Å²) >= 11 is 0. The predicted octanol–water partition coefficient (Wildman–Crippen LogP) is 2.66. The van der Waals surface area contributed by atoms with Crippen LogP contribution in [0.2, 0.25) is 0 Å². The molecule has 0 radical (unpaired) electrons. The maximum Gasteiger partial charge on any atom is 0.325 e. The molecule has 2 rings (SSSR count). The van der Waals surface area contributed by atoms with Crippen LogP contribution in [0.5, 0.6) is 0 Å². The maximum absolute atomic E-state index is 12.6. The number of hydrogen-bond acceptors (Lipinski definition) is 4. The summed E-state index contributed by atoms with van der Waals surface area (Å²) in [5, 5.41) is 6.82. The van der Waals surface area contributed by atoms with Gasteiger partial charge in [0.2, 0.25) is 0 Å². The number of aryl methyl sites for hydroxylation is 1. The highest BCUT2D eigenvalue weighted by Crippen LogP contribution is 2.25. The molecule has 1 unspecified atom stereocenters. The Bertz CT molecular complexity index is 632. The van der Waals surface area contributed by atoms with Gasteiger partial charge in [0.15, 0.2) is 0 Å². The van der Waals surface area contributed by atoms with E-state index in [0.29, 0.717) is 6.61 Å². The van der Waals surface area contributed by atoms with Gasteiger partial charge in [0.05, 0.1) is 18.3 Å². The maximum atomic E-state index is 12.6. The Morgan fingerprint density at radius 3 is 2.88 bits per heavy atom. The number of hydrazone groups is 1. The van der Waals surface area contributed by atoms with Crippen molar-refractivity contribution in [2.24, 2.45) is 5.10 Å². The quantitative estimate of drug-likeness (QED) is 0.843. The summed E-state index contributed by atoms with van der Waals surface area (Å²) in [7, 11) is 3.30. The minimum Gasteiger partial charge on any atom is -0.380 e. The van der Waals surface area contributed by atoms with E-state index in [4.69, 9.17) is 4.74 Å². The highest BCUT2D eigenvalue weighted by molar-refractivity contribution is 5.95. The van der Waals surface area contributed by atoms with E-state index in [0.717, 1.165) is 29.8 Å². The lowest BCUT2D eigenvalue weighted by molar-refractivity contribution is 0.218. The van der Waals surface area contributed by atoms with Gasteiger partial charge in [-0.05, 0) is 36.6 Å². The van der Waals surface area contributed by atoms with Crippen LogP contribution >= 0.6 is 0 Å².